The minimum atomic E-state index is -4.40. The topological polar surface area (TPSA) is 123 Å². The molecule has 0 spiro atoms. The summed E-state index contributed by atoms with van der Waals surface area (Å²) in [4.78, 5) is 31.9. The number of pyridine rings is 1. The Labute approximate surface area is 539 Å². The van der Waals surface area contributed by atoms with Crippen molar-refractivity contribution < 1.29 is 63.6 Å². The Morgan fingerprint density at radius 3 is 1.75 bits per heavy atom. The molecule has 1 N–H and O–H groups in total. The van der Waals surface area contributed by atoms with Gasteiger partial charge in [-0.3, -0.25) is 19.6 Å². The van der Waals surface area contributed by atoms with Gasteiger partial charge < -0.3 is 33.4 Å². The molecule has 13 nitrogen and oxygen atoms in total. The van der Waals surface area contributed by atoms with Crippen LogP contribution in [0.3, 0.4) is 0 Å². The second-order valence-corrected chi connectivity index (χ2v) is 23.1. The number of ether oxygens (including phenoxy) is 3. The van der Waals surface area contributed by atoms with E-state index < -0.39 is 40.8 Å². The van der Waals surface area contributed by atoms with Gasteiger partial charge in [-0.15, -0.1) is 0 Å². The number of alkyl halides is 9. The zero-order valence-corrected chi connectivity index (χ0v) is 52.4. The van der Waals surface area contributed by atoms with Crippen LogP contribution in [0, 0.1) is 6.92 Å². The molecular formula is C70H72ClF9N8O5. The van der Waals surface area contributed by atoms with Gasteiger partial charge in [-0.05, 0) is 151 Å². The fraction of sp³-hybridized carbons (Fsp3) is 0.314. The Balaban J connectivity index is 0.000000179. The van der Waals surface area contributed by atoms with Crippen LogP contribution in [0.2, 0.25) is 5.02 Å². The van der Waals surface area contributed by atoms with Crippen LogP contribution >= 0.6 is 11.6 Å². The van der Waals surface area contributed by atoms with Gasteiger partial charge in [-0.2, -0.15) is 39.5 Å². The van der Waals surface area contributed by atoms with E-state index in [2.05, 4.69) is 59.7 Å². The maximum absolute atomic E-state index is 13.0. The molecular weight excluding hydrogens is 1240 g/mol. The summed E-state index contributed by atoms with van der Waals surface area (Å²) in [6.07, 6.45) is -0.552. The van der Waals surface area contributed by atoms with Crippen molar-refractivity contribution in [3.05, 3.63) is 262 Å². The SMILES string of the molecule is Cc1ccccc1CN(Cc1cccnc1)CC(C)(O)COc1ccc(C(F)(F)F)cc1.Cn1ccnc1C1c2ccccc2CCN1CCCOc1ccc(C(F)(F)F)cc1.Cn1cncc1C(=O)N(CCCOc1ccc(C(F)(F)F)cc1)Cc1ccccc1Cl. The number of aryl methyl sites for hydroxylation is 3. The van der Waals surface area contributed by atoms with E-state index in [1.165, 1.54) is 53.7 Å². The summed E-state index contributed by atoms with van der Waals surface area (Å²) in [6, 6.07) is 41.6. The van der Waals surface area contributed by atoms with Crippen LogP contribution in [-0.4, -0.2) is 101 Å². The van der Waals surface area contributed by atoms with Gasteiger partial charge in [-0.1, -0.05) is 84.4 Å². The first kappa shape index (κ1) is 70.2. The lowest BCUT2D eigenvalue weighted by Crippen LogP contribution is -2.44. The molecule has 93 heavy (non-hydrogen) atoms. The predicted octanol–water partition coefficient (Wildman–Crippen LogP) is 15.3. The minimum Gasteiger partial charge on any atom is -0.494 e. The van der Waals surface area contributed by atoms with E-state index >= 15 is 0 Å². The maximum Gasteiger partial charge on any atom is 0.416 e. The molecule has 9 aromatic rings. The Morgan fingerprint density at radius 2 is 1.20 bits per heavy atom. The molecule has 6 aromatic carbocycles. The Bertz CT molecular complexity index is 3770. The lowest BCUT2D eigenvalue weighted by atomic mass is 9.92. The van der Waals surface area contributed by atoms with Gasteiger partial charge in [0.2, 0.25) is 0 Å². The normalized spacial score (nSPS) is 14.0. The first-order chi connectivity index (χ1) is 44.3. The van der Waals surface area contributed by atoms with Crippen molar-refractivity contribution in [3.63, 3.8) is 0 Å². The largest absolute Gasteiger partial charge is 0.494 e. The maximum atomic E-state index is 13.0. The highest BCUT2D eigenvalue weighted by atomic mass is 35.5. The second-order valence-electron chi connectivity index (χ2n) is 22.7. The molecule has 0 fully saturated rings. The van der Waals surface area contributed by atoms with Crippen molar-refractivity contribution in [2.45, 2.75) is 82.9 Å². The highest BCUT2D eigenvalue weighted by Crippen LogP contribution is 2.36. The summed E-state index contributed by atoms with van der Waals surface area (Å²) >= 11 is 6.26. The number of carbonyl (C=O) groups excluding carboxylic acids is 1. The molecule has 2 atom stereocenters. The lowest BCUT2D eigenvalue weighted by molar-refractivity contribution is -0.138. The number of hydrogen-bond acceptors (Lipinski definition) is 10. The van der Waals surface area contributed by atoms with Crippen molar-refractivity contribution in [2.24, 2.45) is 14.1 Å². The van der Waals surface area contributed by atoms with Crippen LogP contribution in [0.15, 0.2) is 195 Å². The number of fused-ring (bicyclic) bond motifs is 1. The zero-order valence-electron chi connectivity index (χ0n) is 51.7. The molecule has 0 radical (unpaired) electrons. The number of nitrogens with zero attached hydrogens (tertiary/aromatic N) is 8. The zero-order chi connectivity index (χ0) is 66.8. The number of carbonyl (C=O) groups is 1. The van der Waals surface area contributed by atoms with E-state index in [-0.39, 0.29) is 30.9 Å². The molecule has 0 bridgehead atoms. The van der Waals surface area contributed by atoms with Crippen molar-refractivity contribution in [1.29, 1.82) is 0 Å². The summed E-state index contributed by atoms with van der Waals surface area (Å²) in [5.41, 5.74) is 3.84. The third kappa shape index (κ3) is 20.9. The smallest absolute Gasteiger partial charge is 0.416 e. The van der Waals surface area contributed by atoms with Gasteiger partial charge in [-0.25, -0.2) is 9.97 Å². The van der Waals surface area contributed by atoms with Gasteiger partial charge in [0.05, 0.1) is 48.5 Å². The van der Waals surface area contributed by atoms with Crippen molar-refractivity contribution in [3.8, 4) is 17.2 Å². The molecule has 0 aliphatic carbocycles. The summed E-state index contributed by atoms with van der Waals surface area (Å²) in [6.45, 7) is 8.25. The monoisotopic (exact) mass is 1310 g/mol. The molecule has 1 aliphatic heterocycles. The van der Waals surface area contributed by atoms with Gasteiger partial charge in [0, 0.05) is 89.7 Å². The summed E-state index contributed by atoms with van der Waals surface area (Å²) in [5, 5.41) is 11.6. The van der Waals surface area contributed by atoms with E-state index in [0.29, 0.717) is 68.0 Å². The minimum absolute atomic E-state index is 0.0598. The Kier molecular flexibility index (Phi) is 24.3. The van der Waals surface area contributed by atoms with E-state index in [1.807, 2.05) is 74.9 Å². The Morgan fingerprint density at radius 1 is 0.634 bits per heavy atom. The third-order valence-electron chi connectivity index (χ3n) is 15.3. The van der Waals surface area contributed by atoms with Gasteiger partial charge in [0.15, 0.2) is 0 Å². The quantitative estimate of drug-likeness (QED) is 0.0489. The first-order valence-corrected chi connectivity index (χ1v) is 30.3. The predicted molar refractivity (Wildman–Crippen MR) is 336 cm³/mol. The van der Waals surface area contributed by atoms with Gasteiger partial charge >= 0.3 is 18.5 Å². The first-order valence-electron chi connectivity index (χ1n) is 29.9. The number of halogens is 10. The Hall–Kier alpha value is -8.70. The molecule has 2 unspecified atom stereocenters. The third-order valence-corrected chi connectivity index (χ3v) is 15.6. The van der Waals surface area contributed by atoms with Crippen LogP contribution < -0.4 is 14.2 Å². The number of amides is 1. The molecule has 492 valence electrons. The van der Waals surface area contributed by atoms with Gasteiger partial charge in [0.1, 0.15) is 41.0 Å². The summed E-state index contributed by atoms with van der Waals surface area (Å²) < 4.78 is 135. The van der Waals surface area contributed by atoms with Crippen molar-refractivity contribution in [1.82, 2.24) is 38.8 Å². The number of aromatic nitrogens is 5. The van der Waals surface area contributed by atoms with E-state index in [1.54, 1.807) is 48.2 Å². The highest BCUT2D eigenvalue weighted by molar-refractivity contribution is 6.31. The highest BCUT2D eigenvalue weighted by Gasteiger charge is 2.34. The van der Waals surface area contributed by atoms with Gasteiger partial charge in [0.25, 0.3) is 5.91 Å². The van der Waals surface area contributed by atoms with Crippen LogP contribution in [0.25, 0.3) is 0 Å². The van der Waals surface area contributed by atoms with Crippen LogP contribution in [0.1, 0.15) is 92.2 Å². The number of hydrogen-bond donors (Lipinski definition) is 1. The standard InChI is InChI=1S/C25H27F3N2O2.C23H24F3N3O.C22H21ClF3N3O2/c1-19-6-3-4-8-21(19)16-30(15-20-7-5-13-29-14-20)17-24(2,31)18-32-23-11-9-22(10-12-23)25(26,27)28;1-28-15-12-27-22(28)21-20-6-3-2-5-17(20)11-14-29(21)13-4-16-30-19-9-7-18(8-10-19)23(24,25)26;1-28-15-27-13-20(28)21(30)29(14-16-5-2-3-6-19(16)23)11-4-12-31-18-9-7-17(8-10-18)22(24,25)26/h3-14,31H,15-18H2,1-2H3;2-3,5-10,12,15,21H,4,11,13-14,16H2,1H3;2-3,5-10,13,15H,4,11-12,14H2,1H3. The molecule has 3 aromatic heterocycles. The molecule has 4 heterocycles. The molecule has 10 rings (SSSR count). The molecule has 1 amide bonds. The second kappa shape index (κ2) is 32.2. The number of rotatable bonds is 23. The summed E-state index contributed by atoms with van der Waals surface area (Å²) in [5.74, 6) is 1.87. The average molecular weight is 1310 g/mol. The number of imidazole rings is 2. The van der Waals surface area contributed by atoms with E-state index in [9.17, 15) is 49.4 Å². The fourth-order valence-corrected chi connectivity index (χ4v) is 10.6. The van der Waals surface area contributed by atoms with Crippen LogP contribution in [0.5, 0.6) is 17.2 Å². The van der Waals surface area contributed by atoms with Crippen LogP contribution in [0.4, 0.5) is 39.5 Å². The number of aliphatic hydroxyl groups is 1. The summed E-state index contributed by atoms with van der Waals surface area (Å²) in [7, 11) is 3.74. The van der Waals surface area contributed by atoms with E-state index in [0.717, 1.165) is 90.4 Å². The molecule has 23 heteroatoms. The molecule has 0 saturated carbocycles. The average Bonchev–Trinajstić information content (AvgIpc) is 1.84. The molecule has 1 aliphatic rings. The molecule has 0 saturated heterocycles. The van der Waals surface area contributed by atoms with Crippen molar-refractivity contribution in [2.75, 3.05) is 46.0 Å². The van der Waals surface area contributed by atoms with Crippen LogP contribution in [-0.2, 0) is 58.7 Å². The fourth-order valence-electron chi connectivity index (χ4n) is 10.4. The van der Waals surface area contributed by atoms with Crippen molar-refractivity contribution >= 4 is 17.5 Å². The number of benzene rings is 6. The lowest BCUT2D eigenvalue weighted by Gasteiger charge is -2.37. The van der Waals surface area contributed by atoms with E-state index in [4.69, 9.17) is 25.8 Å².